The minimum Gasteiger partial charge on any atom is -0.380 e. The summed E-state index contributed by atoms with van der Waals surface area (Å²) in [6.45, 7) is 11.6. The van der Waals surface area contributed by atoms with E-state index in [0.29, 0.717) is 81.1 Å². The minimum absolute atomic E-state index is 0.0325. The lowest BCUT2D eigenvalue weighted by molar-refractivity contribution is -0.120. The lowest BCUT2D eigenvalue weighted by atomic mass is 9.73. The number of alkyl halides is 3. The number of urea groups is 1. The summed E-state index contributed by atoms with van der Waals surface area (Å²) in [6, 6.07) is 29.3. The molecule has 0 bridgehead atoms. The third-order valence-corrected chi connectivity index (χ3v) is 19.6. The van der Waals surface area contributed by atoms with Gasteiger partial charge in [0.1, 0.15) is 10.7 Å². The van der Waals surface area contributed by atoms with Crippen LogP contribution in [0.25, 0.3) is 5.57 Å². The Kier molecular flexibility index (Phi) is 18.6. The quantitative estimate of drug-likeness (QED) is 0.0528. The molecule has 23 heteroatoms. The van der Waals surface area contributed by atoms with E-state index in [4.69, 9.17) is 11.6 Å². The molecule has 0 aromatic heterocycles. The van der Waals surface area contributed by atoms with Crippen LogP contribution in [-0.2, 0) is 31.2 Å². The topological polar surface area (TPSA) is 172 Å². The number of hydrogen-bond acceptors (Lipinski definition) is 13. The van der Waals surface area contributed by atoms with Crippen molar-refractivity contribution in [3.05, 3.63) is 148 Å². The van der Waals surface area contributed by atoms with E-state index in [-0.39, 0.29) is 29.7 Å². The Morgan fingerprint density at radius 2 is 1.42 bits per heavy atom. The van der Waals surface area contributed by atoms with Crippen LogP contribution in [0, 0.1) is 11.2 Å². The molecule has 432 valence electrons. The average Bonchev–Trinajstić information content (AvgIpc) is 3.43. The molecule has 3 saturated heterocycles. The first-order valence-corrected chi connectivity index (χ1v) is 31.2. The van der Waals surface area contributed by atoms with Crippen LogP contribution in [0.3, 0.4) is 0 Å². The highest BCUT2D eigenvalue weighted by Gasteiger charge is 2.48. The van der Waals surface area contributed by atoms with E-state index in [1.807, 2.05) is 47.2 Å². The number of sulfonamides is 1. The van der Waals surface area contributed by atoms with Crippen molar-refractivity contribution in [2.45, 2.75) is 78.7 Å². The van der Waals surface area contributed by atoms with Crippen LogP contribution in [0.15, 0.2) is 136 Å². The molecule has 81 heavy (non-hydrogen) atoms. The summed E-state index contributed by atoms with van der Waals surface area (Å²) in [5, 5.41) is 5.94. The number of anilines is 3. The van der Waals surface area contributed by atoms with Crippen molar-refractivity contribution in [1.82, 2.24) is 24.7 Å². The highest BCUT2D eigenvalue weighted by Crippen LogP contribution is 2.43. The fraction of sp³-hybridized carbons (Fsp3) is 0.397. The number of allylic oxidation sites excluding steroid dienone is 1. The number of nitrogens with one attached hydrogen (secondary N) is 3. The van der Waals surface area contributed by atoms with Gasteiger partial charge in [-0.3, -0.25) is 29.6 Å². The van der Waals surface area contributed by atoms with Crippen molar-refractivity contribution in [2.75, 3.05) is 92.9 Å². The Morgan fingerprint density at radius 1 is 0.765 bits per heavy atom. The number of sulfone groups is 1. The molecule has 3 fully saturated rings. The van der Waals surface area contributed by atoms with Crippen molar-refractivity contribution < 1.29 is 48.8 Å². The fourth-order valence-electron chi connectivity index (χ4n) is 10.7. The molecular weight excluding hydrogens is 1130 g/mol. The van der Waals surface area contributed by atoms with Crippen molar-refractivity contribution in [2.24, 2.45) is 5.41 Å². The van der Waals surface area contributed by atoms with Gasteiger partial charge in [-0.1, -0.05) is 67.4 Å². The molecule has 0 saturated carbocycles. The first-order chi connectivity index (χ1) is 38.5. The summed E-state index contributed by atoms with van der Waals surface area (Å²) in [7, 11) is -11.1. The van der Waals surface area contributed by atoms with Gasteiger partial charge in [0.05, 0.1) is 10.6 Å². The van der Waals surface area contributed by atoms with Crippen LogP contribution < -0.4 is 25.2 Å². The number of thioether (sulfide) groups is 1. The van der Waals surface area contributed by atoms with Crippen LogP contribution >= 0.6 is 23.4 Å². The third kappa shape index (κ3) is 15.0. The molecular formula is C58H65ClF4N8O7S3. The number of carbonyl (C=O) groups is 3. The Balaban J connectivity index is 0.830. The van der Waals surface area contributed by atoms with E-state index in [1.165, 1.54) is 51.6 Å². The van der Waals surface area contributed by atoms with Gasteiger partial charge in [0.25, 0.3) is 25.8 Å². The summed E-state index contributed by atoms with van der Waals surface area (Å²) < 4.78 is 115. The number of benzene rings is 5. The fourth-order valence-corrected chi connectivity index (χ4v) is 13.9. The molecule has 0 spiro atoms. The Morgan fingerprint density at radius 3 is 2.09 bits per heavy atom. The Bertz CT molecular complexity index is 3360. The lowest BCUT2D eigenvalue weighted by Gasteiger charge is -2.39. The molecule has 5 aromatic rings. The van der Waals surface area contributed by atoms with E-state index in [2.05, 4.69) is 56.2 Å². The summed E-state index contributed by atoms with van der Waals surface area (Å²) in [6.07, 6.45) is 3.55. The van der Waals surface area contributed by atoms with E-state index in [9.17, 15) is 44.4 Å². The highest BCUT2D eigenvalue weighted by molar-refractivity contribution is 7.99. The number of rotatable bonds is 19. The van der Waals surface area contributed by atoms with Crippen LogP contribution in [0.1, 0.15) is 67.4 Å². The molecule has 3 N–H and O–H groups in total. The van der Waals surface area contributed by atoms with Gasteiger partial charge < -0.3 is 15.1 Å². The maximum absolute atomic E-state index is 15.3. The highest BCUT2D eigenvalue weighted by atomic mass is 35.5. The number of hydrogen-bond donors (Lipinski definition) is 3. The van der Waals surface area contributed by atoms with E-state index in [0.717, 1.165) is 61.6 Å². The summed E-state index contributed by atoms with van der Waals surface area (Å²) in [4.78, 5) is 46.2. The maximum Gasteiger partial charge on any atom is 0.501 e. The molecule has 9 rings (SSSR count). The number of amides is 4. The second-order valence-corrected chi connectivity index (χ2v) is 26.8. The molecule has 1 atom stereocenters. The molecule has 0 unspecified atom stereocenters. The normalized spacial score (nSPS) is 18.4. The zero-order chi connectivity index (χ0) is 57.7. The summed E-state index contributed by atoms with van der Waals surface area (Å²) in [5.41, 5.74) is -0.498. The maximum atomic E-state index is 15.3. The van der Waals surface area contributed by atoms with Gasteiger partial charge in [-0.05, 0) is 121 Å². The third-order valence-electron chi connectivity index (χ3n) is 15.3. The first kappa shape index (κ1) is 59.6. The Labute approximate surface area is 480 Å². The summed E-state index contributed by atoms with van der Waals surface area (Å²) >= 11 is 7.61. The van der Waals surface area contributed by atoms with E-state index in [1.54, 1.807) is 24.3 Å². The van der Waals surface area contributed by atoms with E-state index >= 15 is 4.39 Å². The first-order valence-electron chi connectivity index (χ1n) is 26.9. The second kappa shape index (κ2) is 25.2. The number of imide groups is 1. The van der Waals surface area contributed by atoms with Gasteiger partial charge in [0, 0.05) is 129 Å². The van der Waals surface area contributed by atoms with Crippen molar-refractivity contribution in [3.8, 4) is 0 Å². The SMILES string of the molecule is CC1(C)CCC(c2ccc(Cl)cc2)=C(CN2CCN(c3ccc(C(=O)NS(=O)(=O)c4ccc(N[C@H](CCN5CCN(Cc6ccc(N7CCC(=O)NC7=O)cc6F)CC5)CSc5ccccc5)c(S(=O)(=O)C(F)(F)F)c4)cc3)CC2)C1. The van der Waals surface area contributed by atoms with Crippen LogP contribution in [0.2, 0.25) is 5.02 Å². The van der Waals surface area contributed by atoms with Gasteiger partial charge in [-0.25, -0.2) is 30.7 Å². The van der Waals surface area contributed by atoms with Crippen molar-refractivity contribution in [1.29, 1.82) is 0 Å². The van der Waals surface area contributed by atoms with Crippen molar-refractivity contribution >= 4 is 83.7 Å². The zero-order valence-corrected chi connectivity index (χ0v) is 48.2. The van der Waals surface area contributed by atoms with Gasteiger partial charge in [0.15, 0.2) is 0 Å². The number of halogens is 5. The number of nitrogens with zero attached hydrogens (tertiary/aromatic N) is 5. The molecule has 4 aliphatic rings. The van der Waals surface area contributed by atoms with E-state index < -0.39 is 70.6 Å². The molecule has 5 aromatic carbocycles. The predicted octanol–water partition coefficient (Wildman–Crippen LogP) is 9.90. The number of carbonyl (C=O) groups excluding carboxylic acids is 3. The molecule has 3 heterocycles. The van der Waals surface area contributed by atoms with Crippen LogP contribution in [0.5, 0.6) is 0 Å². The standard InChI is InChI=1S/C58H65ClF4N8O7S3/c1-57(2)23-20-50(40-8-13-44(59)14-9-40)43(36-57)38-69-30-32-70(33-31-69)46-15-10-41(11-16-46)55(73)66-81(77,78)49-18-19-52(53(35-49)80(75,76)58(61,62)63)64-45(39-79-48-6-4-3-5-7-48)21-24-67-26-28-68(29-27-67)37-42-12-17-47(34-51(42)60)71-25-22-54(72)65-56(71)74/h3-19,34-35,45,64H,20-33,36-39H2,1-2H3,(H,66,73)(H,65,72,74)/t45-/m1/s1. The van der Waals surface area contributed by atoms with Gasteiger partial charge in [-0.15, -0.1) is 11.8 Å². The molecule has 0 radical (unpaired) electrons. The average molecular weight is 1190 g/mol. The molecule has 3 aliphatic heterocycles. The zero-order valence-electron chi connectivity index (χ0n) is 45.0. The van der Waals surface area contributed by atoms with Crippen molar-refractivity contribution in [3.63, 3.8) is 0 Å². The predicted molar refractivity (Wildman–Crippen MR) is 308 cm³/mol. The number of piperazine rings is 2. The minimum atomic E-state index is -6.15. The van der Waals surface area contributed by atoms with Gasteiger partial charge >= 0.3 is 11.5 Å². The largest absolute Gasteiger partial charge is 0.501 e. The van der Waals surface area contributed by atoms with Crippen LogP contribution in [0.4, 0.5) is 39.4 Å². The second-order valence-electron chi connectivity index (χ2n) is 21.7. The van der Waals surface area contributed by atoms with Gasteiger partial charge in [0.2, 0.25) is 5.91 Å². The molecule has 4 amide bonds. The molecule has 1 aliphatic carbocycles. The van der Waals surface area contributed by atoms with Crippen LogP contribution in [-0.4, -0.2) is 139 Å². The summed E-state index contributed by atoms with van der Waals surface area (Å²) in [5.74, 6) is -1.65. The smallest absolute Gasteiger partial charge is 0.380 e. The monoisotopic (exact) mass is 1190 g/mol. The Hall–Kier alpha value is -6.01. The molecule has 15 nitrogen and oxygen atoms in total. The van der Waals surface area contributed by atoms with Gasteiger partial charge in [-0.2, -0.15) is 13.2 Å². The lowest BCUT2D eigenvalue weighted by Crippen LogP contribution is -2.49.